The minimum Gasteiger partial charge on any atom is -0.291 e. The monoisotopic (exact) mass is 262 g/mol. The molecule has 6 heteroatoms. The van der Waals surface area contributed by atoms with E-state index in [9.17, 15) is 13.2 Å². The highest BCUT2D eigenvalue weighted by Crippen LogP contribution is 2.12. The SMILES string of the molecule is C[C@@H](OS(C)(=O)=O)C(=O)c1ccc(Cl)cc1. The van der Waals surface area contributed by atoms with Crippen molar-refractivity contribution in [1.82, 2.24) is 0 Å². The highest BCUT2D eigenvalue weighted by molar-refractivity contribution is 7.86. The number of hydrogen-bond donors (Lipinski definition) is 0. The maximum absolute atomic E-state index is 11.7. The summed E-state index contributed by atoms with van der Waals surface area (Å²) in [6.45, 7) is 1.39. The van der Waals surface area contributed by atoms with Gasteiger partial charge in [-0.3, -0.25) is 8.98 Å². The molecule has 0 aliphatic rings. The first-order valence-corrected chi connectivity index (χ1v) is 6.67. The predicted molar refractivity (Wildman–Crippen MR) is 61.2 cm³/mol. The smallest absolute Gasteiger partial charge is 0.265 e. The molecule has 4 nitrogen and oxygen atoms in total. The lowest BCUT2D eigenvalue weighted by atomic mass is 10.1. The zero-order chi connectivity index (χ0) is 12.3. The first-order valence-electron chi connectivity index (χ1n) is 4.47. The summed E-state index contributed by atoms with van der Waals surface area (Å²) in [5.74, 6) is -0.401. The third-order valence-electron chi connectivity index (χ3n) is 1.82. The van der Waals surface area contributed by atoms with E-state index < -0.39 is 22.0 Å². The van der Waals surface area contributed by atoms with Crippen LogP contribution in [-0.4, -0.2) is 26.6 Å². The maximum Gasteiger partial charge on any atom is 0.265 e. The van der Waals surface area contributed by atoms with E-state index in [1.165, 1.54) is 19.1 Å². The van der Waals surface area contributed by atoms with E-state index in [0.717, 1.165) is 6.26 Å². The first-order chi connectivity index (χ1) is 7.29. The van der Waals surface area contributed by atoms with Crippen LogP contribution in [0.1, 0.15) is 17.3 Å². The van der Waals surface area contributed by atoms with Gasteiger partial charge in [-0.25, -0.2) is 0 Å². The van der Waals surface area contributed by atoms with E-state index in [2.05, 4.69) is 4.18 Å². The van der Waals surface area contributed by atoms with Crippen LogP contribution in [0.2, 0.25) is 5.02 Å². The van der Waals surface area contributed by atoms with E-state index in [0.29, 0.717) is 10.6 Å². The molecule has 16 heavy (non-hydrogen) atoms. The van der Waals surface area contributed by atoms with Gasteiger partial charge in [-0.2, -0.15) is 8.42 Å². The van der Waals surface area contributed by atoms with Gasteiger partial charge in [0, 0.05) is 10.6 Å². The molecule has 1 aromatic rings. The fourth-order valence-corrected chi connectivity index (χ4v) is 1.89. The summed E-state index contributed by atoms with van der Waals surface area (Å²) in [5, 5.41) is 0.508. The van der Waals surface area contributed by atoms with Gasteiger partial charge in [0.25, 0.3) is 10.1 Å². The Balaban J connectivity index is 2.82. The molecule has 0 aliphatic carbocycles. The fraction of sp³-hybridized carbons (Fsp3) is 0.300. The lowest BCUT2D eigenvalue weighted by Crippen LogP contribution is -2.23. The van der Waals surface area contributed by atoms with Gasteiger partial charge in [-0.05, 0) is 31.2 Å². The van der Waals surface area contributed by atoms with Crippen LogP contribution >= 0.6 is 11.6 Å². The van der Waals surface area contributed by atoms with Crippen molar-refractivity contribution in [3.63, 3.8) is 0 Å². The summed E-state index contributed by atoms with van der Waals surface area (Å²) >= 11 is 5.66. The molecule has 0 heterocycles. The molecular weight excluding hydrogens is 252 g/mol. The summed E-state index contributed by atoms with van der Waals surface area (Å²) in [6, 6.07) is 6.16. The van der Waals surface area contributed by atoms with Crippen molar-refractivity contribution in [1.29, 1.82) is 0 Å². The van der Waals surface area contributed by atoms with Crippen LogP contribution < -0.4 is 0 Å². The number of rotatable bonds is 4. The molecule has 1 atom stereocenters. The Kier molecular flexibility index (Phi) is 4.07. The van der Waals surface area contributed by atoms with Crippen molar-refractivity contribution in [2.24, 2.45) is 0 Å². The van der Waals surface area contributed by atoms with E-state index in [-0.39, 0.29) is 0 Å². The third kappa shape index (κ3) is 3.92. The second kappa shape index (κ2) is 4.95. The van der Waals surface area contributed by atoms with Crippen molar-refractivity contribution in [3.05, 3.63) is 34.9 Å². The zero-order valence-corrected chi connectivity index (χ0v) is 10.4. The van der Waals surface area contributed by atoms with Crippen LogP contribution in [0.15, 0.2) is 24.3 Å². The Morgan fingerprint density at radius 3 is 2.25 bits per heavy atom. The Morgan fingerprint density at radius 1 is 1.31 bits per heavy atom. The number of halogens is 1. The zero-order valence-electron chi connectivity index (χ0n) is 8.81. The largest absolute Gasteiger partial charge is 0.291 e. The molecule has 0 fully saturated rings. The molecule has 0 aromatic heterocycles. The normalized spacial score (nSPS) is 13.4. The van der Waals surface area contributed by atoms with Crippen LogP contribution in [0.3, 0.4) is 0 Å². The Morgan fingerprint density at radius 2 is 1.81 bits per heavy atom. The van der Waals surface area contributed by atoms with E-state index in [1.807, 2.05) is 0 Å². The van der Waals surface area contributed by atoms with Crippen molar-refractivity contribution in [3.8, 4) is 0 Å². The predicted octanol–water partition coefficient (Wildman–Crippen LogP) is 1.89. The standard InChI is InChI=1S/C10H11ClO4S/c1-7(15-16(2,13)14)10(12)8-3-5-9(11)6-4-8/h3-7H,1-2H3/t7-/m1/s1. The number of benzene rings is 1. The first kappa shape index (κ1) is 13.2. The summed E-state index contributed by atoms with van der Waals surface area (Å²) in [5.41, 5.74) is 0.362. The molecule has 0 bridgehead atoms. The van der Waals surface area contributed by atoms with Crippen molar-refractivity contribution < 1.29 is 17.4 Å². The number of ketones is 1. The molecule has 0 saturated heterocycles. The third-order valence-corrected chi connectivity index (χ3v) is 2.71. The van der Waals surface area contributed by atoms with Crippen LogP contribution in [0.5, 0.6) is 0 Å². The van der Waals surface area contributed by atoms with Crippen LogP contribution in [0.4, 0.5) is 0 Å². The van der Waals surface area contributed by atoms with Gasteiger partial charge in [0.15, 0.2) is 5.78 Å². The minimum absolute atomic E-state index is 0.362. The summed E-state index contributed by atoms with van der Waals surface area (Å²) in [6.07, 6.45) is -0.130. The molecular formula is C10H11ClO4S. The van der Waals surface area contributed by atoms with Crippen molar-refractivity contribution >= 4 is 27.5 Å². The molecule has 0 aliphatic heterocycles. The molecule has 0 amide bonds. The average molecular weight is 263 g/mol. The van der Waals surface area contributed by atoms with Gasteiger partial charge in [0.2, 0.25) is 0 Å². The molecule has 1 rings (SSSR count). The highest BCUT2D eigenvalue weighted by Gasteiger charge is 2.19. The maximum atomic E-state index is 11.7. The van der Waals surface area contributed by atoms with Gasteiger partial charge in [0.1, 0.15) is 6.10 Å². The quantitative estimate of drug-likeness (QED) is 0.614. The number of hydrogen-bond acceptors (Lipinski definition) is 4. The van der Waals surface area contributed by atoms with Crippen LogP contribution in [0.25, 0.3) is 0 Å². The van der Waals surface area contributed by atoms with E-state index in [1.54, 1.807) is 12.1 Å². The van der Waals surface area contributed by atoms with Gasteiger partial charge >= 0.3 is 0 Å². The molecule has 88 valence electrons. The second-order valence-corrected chi connectivity index (χ2v) is 5.35. The Labute approximate surface area is 99.3 Å². The summed E-state index contributed by atoms with van der Waals surface area (Å²) in [4.78, 5) is 11.7. The summed E-state index contributed by atoms with van der Waals surface area (Å²) in [7, 11) is -3.63. The Bertz CT molecular complexity index is 478. The number of carbonyl (C=O) groups is 1. The molecule has 0 saturated carbocycles. The fourth-order valence-electron chi connectivity index (χ4n) is 1.15. The lowest BCUT2D eigenvalue weighted by molar-refractivity contribution is 0.0827. The van der Waals surface area contributed by atoms with Gasteiger partial charge < -0.3 is 0 Å². The van der Waals surface area contributed by atoms with E-state index in [4.69, 9.17) is 11.6 Å². The van der Waals surface area contributed by atoms with Crippen molar-refractivity contribution in [2.45, 2.75) is 13.0 Å². The molecule has 0 N–H and O–H groups in total. The lowest BCUT2D eigenvalue weighted by Gasteiger charge is -2.09. The molecule has 0 spiro atoms. The van der Waals surface area contributed by atoms with E-state index >= 15 is 0 Å². The van der Waals surface area contributed by atoms with Crippen LogP contribution in [0, 0.1) is 0 Å². The van der Waals surface area contributed by atoms with Crippen LogP contribution in [-0.2, 0) is 14.3 Å². The molecule has 0 unspecified atom stereocenters. The molecule has 1 aromatic carbocycles. The summed E-state index contributed by atoms with van der Waals surface area (Å²) < 4.78 is 26.2. The minimum atomic E-state index is -3.63. The van der Waals surface area contributed by atoms with Crippen molar-refractivity contribution in [2.75, 3.05) is 6.26 Å². The van der Waals surface area contributed by atoms with Gasteiger partial charge in [-0.15, -0.1) is 0 Å². The van der Waals surface area contributed by atoms with Gasteiger partial charge in [0.05, 0.1) is 6.26 Å². The van der Waals surface area contributed by atoms with Gasteiger partial charge in [-0.1, -0.05) is 11.6 Å². The second-order valence-electron chi connectivity index (χ2n) is 3.31. The topological polar surface area (TPSA) is 60.4 Å². The number of carbonyl (C=O) groups excluding carboxylic acids is 1. The highest BCUT2D eigenvalue weighted by atomic mass is 35.5. The molecule has 0 radical (unpaired) electrons. The number of Topliss-reactive ketones (excluding diaryl/α,β-unsaturated/α-hetero) is 1. The Hall–Kier alpha value is -0.910. The average Bonchev–Trinajstić information content (AvgIpc) is 2.15.